The molecule has 0 spiro atoms. The summed E-state index contributed by atoms with van der Waals surface area (Å²) in [7, 11) is 1.60. The van der Waals surface area contributed by atoms with Crippen molar-refractivity contribution in [3.8, 4) is 5.75 Å². The molecule has 0 heterocycles. The third kappa shape index (κ3) is 5.63. The summed E-state index contributed by atoms with van der Waals surface area (Å²) in [6.07, 6.45) is 0. The SMILES string of the molecule is COCCOCCOc1cc(F)cc(CO)c1. The quantitative estimate of drug-likeness (QED) is 0.701. The van der Waals surface area contributed by atoms with Crippen LogP contribution in [-0.4, -0.2) is 38.6 Å². The van der Waals surface area contributed by atoms with Crippen molar-refractivity contribution in [1.29, 1.82) is 0 Å². The lowest BCUT2D eigenvalue weighted by Gasteiger charge is -2.08. The fraction of sp³-hybridized carbons (Fsp3) is 0.500. The summed E-state index contributed by atoms with van der Waals surface area (Å²) in [6, 6.07) is 4.13. The number of hydrogen-bond acceptors (Lipinski definition) is 4. The molecule has 0 fully saturated rings. The van der Waals surface area contributed by atoms with Crippen molar-refractivity contribution < 1.29 is 23.7 Å². The Hall–Kier alpha value is -1.17. The summed E-state index contributed by atoms with van der Waals surface area (Å²) in [6.45, 7) is 1.57. The van der Waals surface area contributed by atoms with E-state index >= 15 is 0 Å². The summed E-state index contributed by atoms with van der Waals surface area (Å²) in [5, 5.41) is 8.89. The molecule has 0 amide bonds. The minimum absolute atomic E-state index is 0.210. The highest BCUT2D eigenvalue weighted by Gasteiger charge is 2.01. The average molecular weight is 244 g/mol. The molecule has 0 aliphatic carbocycles. The number of aliphatic hydroxyl groups is 1. The second-order valence-corrected chi connectivity index (χ2v) is 3.41. The van der Waals surface area contributed by atoms with Gasteiger partial charge in [-0.2, -0.15) is 0 Å². The van der Waals surface area contributed by atoms with E-state index in [-0.39, 0.29) is 6.61 Å². The Morgan fingerprint density at radius 3 is 2.59 bits per heavy atom. The Bertz CT molecular complexity index is 330. The van der Waals surface area contributed by atoms with Gasteiger partial charge in [-0.3, -0.25) is 0 Å². The topological polar surface area (TPSA) is 47.9 Å². The molecule has 0 aliphatic heterocycles. The highest BCUT2D eigenvalue weighted by molar-refractivity contribution is 5.29. The predicted octanol–water partition coefficient (Wildman–Crippen LogP) is 1.36. The Labute approximate surface area is 99.9 Å². The van der Waals surface area contributed by atoms with E-state index < -0.39 is 5.82 Å². The average Bonchev–Trinajstić information content (AvgIpc) is 2.33. The zero-order chi connectivity index (χ0) is 12.5. The van der Waals surface area contributed by atoms with Crippen LogP contribution in [0.15, 0.2) is 18.2 Å². The highest BCUT2D eigenvalue weighted by Crippen LogP contribution is 2.16. The van der Waals surface area contributed by atoms with E-state index in [9.17, 15) is 4.39 Å². The fourth-order valence-electron chi connectivity index (χ4n) is 1.26. The van der Waals surface area contributed by atoms with Gasteiger partial charge in [-0.15, -0.1) is 0 Å². The standard InChI is InChI=1S/C12H17FO4/c1-15-2-3-16-4-5-17-12-7-10(9-14)6-11(13)8-12/h6-8,14H,2-5,9H2,1H3. The molecule has 4 nitrogen and oxygen atoms in total. The molecule has 17 heavy (non-hydrogen) atoms. The molecule has 0 aliphatic rings. The second-order valence-electron chi connectivity index (χ2n) is 3.41. The van der Waals surface area contributed by atoms with Gasteiger partial charge in [0.2, 0.25) is 0 Å². The fourth-order valence-corrected chi connectivity index (χ4v) is 1.26. The number of aliphatic hydroxyl groups excluding tert-OH is 1. The van der Waals surface area contributed by atoms with Crippen molar-refractivity contribution in [2.45, 2.75) is 6.61 Å². The minimum atomic E-state index is -0.424. The van der Waals surface area contributed by atoms with Crippen LogP contribution in [0.25, 0.3) is 0 Å². The maximum atomic E-state index is 13.1. The molecule has 0 atom stereocenters. The van der Waals surface area contributed by atoms with E-state index in [1.165, 1.54) is 12.1 Å². The first-order valence-corrected chi connectivity index (χ1v) is 5.36. The Kier molecular flexibility index (Phi) is 6.54. The lowest BCUT2D eigenvalue weighted by molar-refractivity contribution is 0.0543. The van der Waals surface area contributed by atoms with E-state index in [4.69, 9.17) is 19.3 Å². The maximum Gasteiger partial charge on any atom is 0.127 e. The van der Waals surface area contributed by atoms with Crippen molar-refractivity contribution in [3.05, 3.63) is 29.6 Å². The highest BCUT2D eigenvalue weighted by atomic mass is 19.1. The number of methoxy groups -OCH3 is 1. The molecule has 1 rings (SSSR count). The van der Waals surface area contributed by atoms with E-state index in [2.05, 4.69) is 0 Å². The molecule has 0 saturated heterocycles. The second kappa shape index (κ2) is 8.00. The van der Waals surface area contributed by atoms with Crippen molar-refractivity contribution in [3.63, 3.8) is 0 Å². The van der Waals surface area contributed by atoms with Crippen molar-refractivity contribution in [2.75, 3.05) is 33.5 Å². The van der Waals surface area contributed by atoms with Gasteiger partial charge in [-0.05, 0) is 17.7 Å². The molecular formula is C12H17FO4. The van der Waals surface area contributed by atoms with Gasteiger partial charge >= 0.3 is 0 Å². The van der Waals surface area contributed by atoms with Crippen LogP contribution in [0.4, 0.5) is 4.39 Å². The number of hydrogen-bond donors (Lipinski definition) is 1. The maximum absolute atomic E-state index is 13.1. The van der Waals surface area contributed by atoms with Gasteiger partial charge < -0.3 is 19.3 Å². The molecule has 5 heteroatoms. The monoisotopic (exact) mass is 244 g/mol. The molecule has 0 unspecified atom stereocenters. The summed E-state index contributed by atoms with van der Waals surface area (Å²) >= 11 is 0. The van der Waals surface area contributed by atoms with Crippen molar-refractivity contribution in [1.82, 2.24) is 0 Å². The molecule has 1 aromatic rings. The van der Waals surface area contributed by atoms with Gasteiger partial charge in [0.25, 0.3) is 0 Å². The zero-order valence-electron chi connectivity index (χ0n) is 9.82. The Balaban J connectivity index is 2.28. The normalized spacial score (nSPS) is 10.5. The molecule has 0 aromatic heterocycles. The third-order valence-corrected chi connectivity index (χ3v) is 2.04. The largest absolute Gasteiger partial charge is 0.491 e. The van der Waals surface area contributed by atoms with E-state index in [0.717, 1.165) is 0 Å². The molecule has 96 valence electrons. The van der Waals surface area contributed by atoms with Gasteiger partial charge in [0.15, 0.2) is 0 Å². The lowest BCUT2D eigenvalue weighted by atomic mass is 10.2. The summed E-state index contributed by atoms with van der Waals surface area (Å²) in [4.78, 5) is 0. The number of ether oxygens (including phenoxy) is 3. The molecular weight excluding hydrogens is 227 g/mol. The number of benzene rings is 1. The van der Waals surface area contributed by atoms with Gasteiger partial charge in [-0.1, -0.05) is 0 Å². The smallest absolute Gasteiger partial charge is 0.127 e. The van der Waals surface area contributed by atoms with E-state index in [0.29, 0.717) is 37.7 Å². The molecule has 0 radical (unpaired) electrons. The van der Waals surface area contributed by atoms with Crippen LogP contribution in [0.2, 0.25) is 0 Å². The molecule has 0 saturated carbocycles. The molecule has 1 aromatic carbocycles. The van der Waals surface area contributed by atoms with Crippen LogP contribution in [0.3, 0.4) is 0 Å². The molecule has 0 bridgehead atoms. The van der Waals surface area contributed by atoms with E-state index in [1.807, 2.05) is 0 Å². The van der Waals surface area contributed by atoms with Crippen LogP contribution < -0.4 is 4.74 Å². The van der Waals surface area contributed by atoms with Gasteiger partial charge in [0, 0.05) is 13.2 Å². The first-order chi connectivity index (χ1) is 8.26. The van der Waals surface area contributed by atoms with Crippen LogP contribution in [0.1, 0.15) is 5.56 Å². The molecule has 1 N–H and O–H groups in total. The predicted molar refractivity (Wildman–Crippen MR) is 60.5 cm³/mol. The van der Waals surface area contributed by atoms with Crippen molar-refractivity contribution >= 4 is 0 Å². The van der Waals surface area contributed by atoms with Crippen LogP contribution in [0.5, 0.6) is 5.75 Å². The zero-order valence-corrected chi connectivity index (χ0v) is 9.82. The van der Waals surface area contributed by atoms with Crippen molar-refractivity contribution in [2.24, 2.45) is 0 Å². The van der Waals surface area contributed by atoms with Gasteiger partial charge in [0.1, 0.15) is 18.2 Å². The van der Waals surface area contributed by atoms with Gasteiger partial charge in [0.05, 0.1) is 26.4 Å². The number of rotatable bonds is 8. The summed E-state index contributed by atoms with van der Waals surface area (Å²) < 4.78 is 28.3. The van der Waals surface area contributed by atoms with Gasteiger partial charge in [-0.25, -0.2) is 4.39 Å². The van der Waals surface area contributed by atoms with Crippen LogP contribution >= 0.6 is 0 Å². The summed E-state index contributed by atoms with van der Waals surface area (Å²) in [5.41, 5.74) is 0.486. The summed E-state index contributed by atoms with van der Waals surface area (Å²) in [5.74, 6) is -0.0313. The Morgan fingerprint density at radius 1 is 1.12 bits per heavy atom. The first-order valence-electron chi connectivity index (χ1n) is 5.36. The Morgan fingerprint density at radius 2 is 1.88 bits per heavy atom. The first kappa shape index (κ1) is 13.9. The van der Waals surface area contributed by atoms with Crippen LogP contribution in [-0.2, 0) is 16.1 Å². The van der Waals surface area contributed by atoms with E-state index in [1.54, 1.807) is 13.2 Å². The minimum Gasteiger partial charge on any atom is -0.491 e. The lowest BCUT2D eigenvalue weighted by Crippen LogP contribution is -2.10. The number of halogens is 1. The van der Waals surface area contributed by atoms with Crippen LogP contribution in [0, 0.1) is 5.82 Å². The third-order valence-electron chi connectivity index (χ3n) is 2.04.